The molecule has 0 N–H and O–H groups in total. The Balaban J connectivity index is 2.17. The SMILES string of the molecule is CC(CC(Br)c1cccc2ccccc12)CC(C)(C)C. The molecule has 0 radical (unpaired) electrons. The molecular weight excluding hydrogens is 308 g/mol. The Morgan fingerprint density at radius 1 is 1.00 bits per heavy atom. The van der Waals surface area contributed by atoms with Gasteiger partial charge in [0.25, 0.3) is 0 Å². The third-order valence-electron chi connectivity index (χ3n) is 3.73. The van der Waals surface area contributed by atoms with Crippen LogP contribution in [-0.2, 0) is 0 Å². The molecule has 1 heteroatoms. The van der Waals surface area contributed by atoms with E-state index in [4.69, 9.17) is 0 Å². The Bertz CT molecular complexity index is 560. The minimum Gasteiger partial charge on any atom is -0.0838 e. The van der Waals surface area contributed by atoms with Crippen molar-refractivity contribution < 1.29 is 0 Å². The normalized spacial score (nSPS) is 15.2. The molecule has 0 aliphatic heterocycles. The predicted molar refractivity (Wildman–Crippen MR) is 93.5 cm³/mol. The molecule has 2 aromatic carbocycles. The number of alkyl halides is 1. The standard InChI is InChI=1S/C19H25Br/c1-14(13-19(2,3)4)12-18(20)17-11-7-9-15-8-5-6-10-16(15)17/h5-11,14,18H,12-13H2,1-4H3. The molecule has 0 saturated carbocycles. The van der Waals surface area contributed by atoms with Crippen LogP contribution in [0, 0.1) is 11.3 Å². The summed E-state index contributed by atoms with van der Waals surface area (Å²) >= 11 is 3.92. The first-order chi connectivity index (χ1) is 9.37. The second-order valence-corrected chi connectivity index (χ2v) is 8.25. The summed E-state index contributed by atoms with van der Waals surface area (Å²) in [7, 11) is 0. The summed E-state index contributed by atoms with van der Waals surface area (Å²) < 4.78 is 0. The fourth-order valence-electron chi connectivity index (χ4n) is 3.13. The van der Waals surface area contributed by atoms with Gasteiger partial charge in [0.2, 0.25) is 0 Å². The van der Waals surface area contributed by atoms with Crippen molar-refractivity contribution >= 4 is 26.7 Å². The zero-order valence-corrected chi connectivity index (χ0v) is 14.6. The van der Waals surface area contributed by atoms with Crippen LogP contribution in [0.1, 0.15) is 50.9 Å². The molecule has 0 fully saturated rings. The smallest absolute Gasteiger partial charge is 0.0404 e. The fourth-order valence-corrected chi connectivity index (χ4v) is 4.17. The fraction of sp³-hybridized carbons (Fsp3) is 0.474. The maximum Gasteiger partial charge on any atom is 0.0404 e. The molecule has 0 saturated heterocycles. The van der Waals surface area contributed by atoms with Crippen molar-refractivity contribution in [2.45, 2.75) is 45.4 Å². The van der Waals surface area contributed by atoms with Crippen LogP contribution in [0.25, 0.3) is 10.8 Å². The average molecular weight is 333 g/mol. The molecule has 20 heavy (non-hydrogen) atoms. The number of rotatable bonds is 4. The van der Waals surface area contributed by atoms with Crippen molar-refractivity contribution in [1.82, 2.24) is 0 Å². The molecule has 0 nitrogen and oxygen atoms in total. The topological polar surface area (TPSA) is 0 Å². The van der Waals surface area contributed by atoms with Gasteiger partial charge in [0.05, 0.1) is 0 Å². The van der Waals surface area contributed by atoms with Crippen molar-refractivity contribution in [1.29, 1.82) is 0 Å². The second-order valence-electron chi connectivity index (χ2n) is 7.14. The van der Waals surface area contributed by atoms with Crippen molar-refractivity contribution in [2.24, 2.45) is 11.3 Å². The van der Waals surface area contributed by atoms with E-state index < -0.39 is 0 Å². The summed E-state index contributed by atoms with van der Waals surface area (Å²) in [5, 5.41) is 2.71. The first kappa shape index (κ1) is 15.6. The molecule has 0 heterocycles. The highest BCUT2D eigenvalue weighted by Crippen LogP contribution is 2.37. The third kappa shape index (κ3) is 4.09. The van der Waals surface area contributed by atoms with Gasteiger partial charge in [-0.15, -0.1) is 0 Å². The van der Waals surface area contributed by atoms with Crippen molar-refractivity contribution in [2.75, 3.05) is 0 Å². The van der Waals surface area contributed by atoms with Gasteiger partial charge in [-0.3, -0.25) is 0 Å². The van der Waals surface area contributed by atoms with Crippen LogP contribution >= 0.6 is 15.9 Å². The van der Waals surface area contributed by atoms with Crippen LogP contribution in [0.15, 0.2) is 42.5 Å². The zero-order valence-electron chi connectivity index (χ0n) is 13.0. The largest absolute Gasteiger partial charge is 0.0838 e. The molecule has 0 aromatic heterocycles. The van der Waals surface area contributed by atoms with Crippen LogP contribution in [0.5, 0.6) is 0 Å². The van der Waals surface area contributed by atoms with Gasteiger partial charge in [-0.2, -0.15) is 0 Å². The summed E-state index contributed by atoms with van der Waals surface area (Å²) in [5.41, 5.74) is 1.83. The maximum atomic E-state index is 3.92. The zero-order chi connectivity index (χ0) is 14.8. The lowest BCUT2D eigenvalue weighted by molar-refractivity contribution is 0.297. The van der Waals surface area contributed by atoms with E-state index in [-0.39, 0.29) is 0 Å². The van der Waals surface area contributed by atoms with Crippen molar-refractivity contribution in [3.05, 3.63) is 48.0 Å². The van der Waals surface area contributed by atoms with Gasteiger partial charge in [-0.1, -0.05) is 86.1 Å². The first-order valence-electron chi connectivity index (χ1n) is 7.48. The van der Waals surface area contributed by atoms with Gasteiger partial charge in [0.15, 0.2) is 0 Å². The van der Waals surface area contributed by atoms with Gasteiger partial charge in [0, 0.05) is 4.83 Å². The van der Waals surface area contributed by atoms with Gasteiger partial charge >= 0.3 is 0 Å². The van der Waals surface area contributed by atoms with E-state index >= 15 is 0 Å². The highest BCUT2D eigenvalue weighted by atomic mass is 79.9. The number of fused-ring (bicyclic) bond motifs is 1. The lowest BCUT2D eigenvalue weighted by atomic mass is 9.83. The van der Waals surface area contributed by atoms with E-state index in [1.54, 1.807) is 0 Å². The van der Waals surface area contributed by atoms with Crippen LogP contribution in [0.4, 0.5) is 0 Å². The molecule has 2 atom stereocenters. The quantitative estimate of drug-likeness (QED) is 0.544. The maximum absolute atomic E-state index is 3.92. The highest BCUT2D eigenvalue weighted by Gasteiger charge is 2.19. The molecule has 0 amide bonds. The average Bonchev–Trinajstić information content (AvgIpc) is 2.35. The Morgan fingerprint density at radius 2 is 1.65 bits per heavy atom. The van der Waals surface area contributed by atoms with Crippen LogP contribution in [-0.4, -0.2) is 0 Å². The van der Waals surface area contributed by atoms with Gasteiger partial charge < -0.3 is 0 Å². The second kappa shape index (κ2) is 6.30. The molecule has 108 valence electrons. The summed E-state index contributed by atoms with van der Waals surface area (Å²) in [4.78, 5) is 0.436. The summed E-state index contributed by atoms with van der Waals surface area (Å²) in [6.45, 7) is 9.34. The number of halogens is 1. The van der Waals surface area contributed by atoms with Gasteiger partial charge in [-0.05, 0) is 40.5 Å². The van der Waals surface area contributed by atoms with E-state index in [9.17, 15) is 0 Å². The number of benzene rings is 2. The summed E-state index contributed by atoms with van der Waals surface area (Å²) in [6, 6.07) is 15.3. The van der Waals surface area contributed by atoms with E-state index in [0.29, 0.717) is 10.2 Å². The van der Waals surface area contributed by atoms with Crippen molar-refractivity contribution in [3.8, 4) is 0 Å². The summed E-state index contributed by atoms with van der Waals surface area (Å²) in [6.07, 6.45) is 2.45. The van der Waals surface area contributed by atoms with E-state index in [2.05, 4.69) is 86.1 Å². The molecule has 0 aliphatic carbocycles. The Labute approximate surface area is 131 Å². The molecule has 0 bridgehead atoms. The predicted octanol–water partition coefficient (Wildman–Crippen LogP) is 6.74. The molecule has 0 spiro atoms. The Hall–Kier alpha value is -0.820. The van der Waals surface area contributed by atoms with Crippen molar-refractivity contribution in [3.63, 3.8) is 0 Å². The highest BCUT2D eigenvalue weighted by molar-refractivity contribution is 9.09. The number of hydrogen-bond donors (Lipinski definition) is 0. The first-order valence-corrected chi connectivity index (χ1v) is 8.40. The molecule has 2 aromatic rings. The van der Waals surface area contributed by atoms with E-state index in [1.165, 1.54) is 29.2 Å². The third-order valence-corrected chi connectivity index (χ3v) is 4.60. The van der Waals surface area contributed by atoms with Gasteiger partial charge in [0.1, 0.15) is 0 Å². The molecule has 2 rings (SSSR count). The van der Waals surface area contributed by atoms with Crippen LogP contribution < -0.4 is 0 Å². The number of hydrogen-bond acceptors (Lipinski definition) is 0. The molecule has 0 aliphatic rings. The van der Waals surface area contributed by atoms with Gasteiger partial charge in [-0.25, -0.2) is 0 Å². The minimum atomic E-state index is 0.408. The van der Waals surface area contributed by atoms with E-state index in [0.717, 1.165) is 5.92 Å². The molecular formula is C19H25Br. The Morgan fingerprint density at radius 3 is 2.35 bits per heavy atom. The Kier molecular flexibility index (Phi) is 4.90. The monoisotopic (exact) mass is 332 g/mol. The summed E-state index contributed by atoms with van der Waals surface area (Å²) in [5.74, 6) is 0.721. The lowest BCUT2D eigenvalue weighted by Crippen LogP contribution is -2.12. The van der Waals surface area contributed by atoms with E-state index in [1.807, 2.05) is 0 Å². The lowest BCUT2D eigenvalue weighted by Gasteiger charge is -2.25. The van der Waals surface area contributed by atoms with Crippen LogP contribution in [0.3, 0.4) is 0 Å². The minimum absolute atomic E-state index is 0.408. The van der Waals surface area contributed by atoms with Crippen LogP contribution in [0.2, 0.25) is 0 Å². The molecule has 2 unspecified atom stereocenters.